The van der Waals surface area contributed by atoms with Gasteiger partial charge in [-0.1, -0.05) is 72.3 Å². The monoisotopic (exact) mass is 662 g/mol. The number of aromatic nitrogens is 1. The zero-order valence-corrected chi connectivity index (χ0v) is 28.3. The van der Waals surface area contributed by atoms with Gasteiger partial charge in [-0.25, -0.2) is 0 Å². The molecule has 1 saturated heterocycles. The van der Waals surface area contributed by atoms with Gasteiger partial charge in [0.1, 0.15) is 24.7 Å². The maximum absolute atomic E-state index is 9.25. The fourth-order valence-electron chi connectivity index (χ4n) is 6.40. The minimum Gasteiger partial charge on any atom is -0.488 e. The predicted octanol–water partition coefficient (Wildman–Crippen LogP) is 7.93. The number of halogens is 1. The van der Waals surface area contributed by atoms with E-state index >= 15 is 0 Å². The Morgan fingerprint density at radius 2 is 1.62 bits per heavy atom. The molecule has 1 fully saturated rings. The Balaban J connectivity index is 1.22. The van der Waals surface area contributed by atoms with E-state index in [0.717, 1.165) is 28.8 Å². The van der Waals surface area contributed by atoms with Gasteiger partial charge in [-0.05, 0) is 89.9 Å². The summed E-state index contributed by atoms with van der Waals surface area (Å²) in [6.45, 7) is 7.05. The molecule has 4 aromatic carbocycles. The standard InChI is InChI=1S/C40H43ClN4O3/c1-26-31(25-48-40-20-39(32(19-37(40)41)22-43-16-17-46)47-24-28-18-33(42)23-44-21-28)6-3-8-35(26)36-9-4-7-34(27(36)2)29-11-13-30(14-12-29)38-10-5-15-45-38/h3-4,6-9,11-14,18-21,23,38,43,45-46H,5,10,15-17,22,24-25,42H2,1-2H3. The second-order valence-electron chi connectivity index (χ2n) is 12.3. The summed E-state index contributed by atoms with van der Waals surface area (Å²) in [5.74, 6) is 1.16. The zero-order chi connectivity index (χ0) is 33.5. The minimum absolute atomic E-state index is 0.0354. The van der Waals surface area contributed by atoms with Crippen molar-refractivity contribution in [3.63, 3.8) is 0 Å². The topological polar surface area (TPSA) is 102 Å². The lowest BCUT2D eigenvalue weighted by molar-refractivity contribution is 0.282. The average Bonchev–Trinajstić information content (AvgIpc) is 3.64. The van der Waals surface area contributed by atoms with E-state index < -0.39 is 0 Å². The van der Waals surface area contributed by atoms with Gasteiger partial charge in [0.2, 0.25) is 0 Å². The van der Waals surface area contributed by atoms with Gasteiger partial charge in [0.15, 0.2) is 0 Å². The molecule has 48 heavy (non-hydrogen) atoms. The first-order chi connectivity index (χ1) is 23.4. The highest BCUT2D eigenvalue weighted by molar-refractivity contribution is 6.32. The maximum Gasteiger partial charge on any atom is 0.142 e. The van der Waals surface area contributed by atoms with E-state index in [9.17, 15) is 5.11 Å². The summed E-state index contributed by atoms with van der Waals surface area (Å²) in [5.41, 5.74) is 17.9. The van der Waals surface area contributed by atoms with Crippen LogP contribution in [0.2, 0.25) is 5.02 Å². The van der Waals surface area contributed by atoms with Crippen molar-refractivity contribution in [1.29, 1.82) is 0 Å². The van der Waals surface area contributed by atoms with Crippen molar-refractivity contribution in [2.24, 2.45) is 0 Å². The van der Waals surface area contributed by atoms with Crippen LogP contribution < -0.4 is 25.8 Å². The summed E-state index contributed by atoms with van der Waals surface area (Å²) in [6, 6.07) is 27.9. The molecule has 1 aromatic heterocycles. The second kappa shape index (κ2) is 15.7. The van der Waals surface area contributed by atoms with Crippen LogP contribution in [0.1, 0.15) is 52.3 Å². The summed E-state index contributed by atoms with van der Waals surface area (Å²) in [5, 5.41) is 16.5. The van der Waals surface area contributed by atoms with Gasteiger partial charge in [-0.3, -0.25) is 4.98 Å². The SMILES string of the molecule is Cc1c(COc2cc(OCc3cncc(N)c3)c(CNCCO)cc2Cl)cccc1-c1cccc(-c2ccc(C3CCCN3)cc2)c1C. The number of aliphatic hydroxyl groups is 1. The number of hydrogen-bond acceptors (Lipinski definition) is 7. The minimum atomic E-state index is 0.0354. The number of nitrogens with two attached hydrogens (primary N) is 1. The summed E-state index contributed by atoms with van der Waals surface area (Å²) >= 11 is 6.74. The number of nitrogen functional groups attached to an aromatic ring is 1. The molecule has 5 N–H and O–H groups in total. The summed E-state index contributed by atoms with van der Waals surface area (Å²) in [7, 11) is 0. The quantitative estimate of drug-likeness (QED) is 0.0950. The van der Waals surface area contributed by atoms with Crippen molar-refractivity contribution in [2.45, 2.75) is 52.5 Å². The molecule has 1 unspecified atom stereocenters. The van der Waals surface area contributed by atoms with Crippen LogP contribution in [0.25, 0.3) is 22.3 Å². The molecule has 1 atom stereocenters. The van der Waals surface area contributed by atoms with Gasteiger partial charge >= 0.3 is 0 Å². The Hall–Kier alpha value is -4.40. The number of nitrogens with zero attached hydrogens (tertiary/aromatic N) is 1. The Bertz CT molecular complexity index is 1860. The largest absolute Gasteiger partial charge is 0.488 e. The Labute approximate surface area is 288 Å². The molecule has 0 aliphatic carbocycles. The van der Waals surface area contributed by atoms with Gasteiger partial charge in [0.05, 0.1) is 17.3 Å². The number of hydrogen-bond donors (Lipinski definition) is 4. The number of benzene rings is 4. The molecule has 0 radical (unpaired) electrons. The van der Waals surface area contributed by atoms with Crippen LogP contribution in [0.15, 0.2) is 91.3 Å². The van der Waals surface area contributed by atoms with Crippen LogP contribution in [0.5, 0.6) is 11.5 Å². The fraction of sp³-hybridized carbons (Fsp3) is 0.275. The molecule has 8 heteroatoms. The number of pyridine rings is 1. The third kappa shape index (κ3) is 7.83. The predicted molar refractivity (Wildman–Crippen MR) is 194 cm³/mol. The van der Waals surface area contributed by atoms with Crippen molar-refractivity contribution < 1.29 is 14.6 Å². The lowest BCUT2D eigenvalue weighted by Gasteiger charge is -2.18. The molecule has 0 spiro atoms. The molecule has 248 valence electrons. The van der Waals surface area contributed by atoms with Crippen LogP contribution in [0.4, 0.5) is 5.69 Å². The van der Waals surface area contributed by atoms with Crippen LogP contribution in [-0.4, -0.2) is 29.8 Å². The molecule has 6 rings (SSSR count). The van der Waals surface area contributed by atoms with Crippen LogP contribution >= 0.6 is 11.6 Å². The van der Waals surface area contributed by atoms with E-state index in [1.54, 1.807) is 12.4 Å². The Morgan fingerprint density at radius 1 is 0.875 bits per heavy atom. The van der Waals surface area contributed by atoms with Crippen LogP contribution in [0, 0.1) is 13.8 Å². The molecule has 0 amide bonds. The van der Waals surface area contributed by atoms with E-state index in [4.69, 9.17) is 26.8 Å². The van der Waals surface area contributed by atoms with Gasteiger partial charge in [0, 0.05) is 48.7 Å². The van der Waals surface area contributed by atoms with Crippen molar-refractivity contribution >= 4 is 17.3 Å². The van der Waals surface area contributed by atoms with E-state index in [2.05, 4.69) is 90.1 Å². The lowest BCUT2D eigenvalue weighted by atomic mass is 9.89. The first kappa shape index (κ1) is 33.5. The number of anilines is 1. The Morgan fingerprint density at radius 3 is 2.38 bits per heavy atom. The first-order valence-electron chi connectivity index (χ1n) is 16.5. The molecule has 2 heterocycles. The highest BCUT2D eigenvalue weighted by Crippen LogP contribution is 2.37. The van der Waals surface area contributed by atoms with E-state index in [1.165, 1.54) is 46.2 Å². The third-order valence-corrected chi connectivity index (χ3v) is 9.36. The van der Waals surface area contributed by atoms with Gasteiger partial charge < -0.3 is 30.9 Å². The zero-order valence-electron chi connectivity index (χ0n) is 27.6. The molecular weight excluding hydrogens is 620 g/mol. The van der Waals surface area contributed by atoms with Gasteiger partial charge in [-0.15, -0.1) is 0 Å². The molecule has 7 nitrogen and oxygen atoms in total. The first-order valence-corrected chi connectivity index (χ1v) is 16.9. The summed E-state index contributed by atoms with van der Waals surface area (Å²) < 4.78 is 12.6. The Kier molecular flexibility index (Phi) is 10.9. The molecule has 1 aliphatic rings. The highest BCUT2D eigenvalue weighted by Gasteiger charge is 2.18. The van der Waals surface area contributed by atoms with Crippen LogP contribution in [0.3, 0.4) is 0 Å². The molecule has 0 bridgehead atoms. The van der Waals surface area contributed by atoms with Gasteiger partial charge in [0.25, 0.3) is 0 Å². The van der Waals surface area contributed by atoms with Crippen molar-refractivity contribution in [1.82, 2.24) is 15.6 Å². The summed E-state index contributed by atoms with van der Waals surface area (Å²) in [6.07, 6.45) is 5.76. The smallest absolute Gasteiger partial charge is 0.142 e. The number of aliphatic hydroxyl groups excluding tert-OH is 1. The fourth-order valence-corrected chi connectivity index (χ4v) is 6.64. The van der Waals surface area contributed by atoms with Crippen molar-refractivity contribution in [3.8, 4) is 33.8 Å². The second-order valence-corrected chi connectivity index (χ2v) is 12.7. The number of ether oxygens (including phenoxy) is 2. The van der Waals surface area contributed by atoms with Crippen molar-refractivity contribution in [3.05, 3.63) is 130 Å². The van der Waals surface area contributed by atoms with Crippen molar-refractivity contribution in [2.75, 3.05) is 25.4 Å². The summed E-state index contributed by atoms with van der Waals surface area (Å²) in [4.78, 5) is 4.16. The number of rotatable bonds is 13. The average molecular weight is 663 g/mol. The maximum atomic E-state index is 9.25. The normalized spacial score (nSPS) is 14.3. The van der Waals surface area contributed by atoms with E-state index in [1.807, 2.05) is 18.2 Å². The van der Waals surface area contributed by atoms with E-state index in [0.29, 0.717) is 47.9 Å². The van der Waals surface area contributed by atoms with Gasteiger partial charge in [-0.2, -0.15) is 0 Å². The molecule has 5 aromatic rings. The van der Waals surface area contributed by atoms with E-state index in [-0.39, 0.29) is 13.2 Å². The molecule has 1 aliphatic heterocycles. The number of nitrogens with one attached hydrogen (secondary N) is 2. The lowest BCUT2D eigenvalue weighted by Crippen LogP contribution is -2.18. The van der Waals surface area contributed by atoms with Crippen LogP contribution in [-0.2, 0) is 19.8 Å². The molecular formula is C40H43ClN4O3. The highest BCUT2D eigenvalue weighted by atomic mass is 35.5. The molecule has 0 saturated carbocycles. The third-order valence-electron chi connectivity index (χ3n) is 9.07.